The molecular weight excluding hydrogens is 434 g/mol. The number of carbonyl (C=O) groups excluding carboxylic acids is 2. The van der Waals surface area contributed by atoms with Crippen molar-refractivity contribution in [2.45, 2.75) is 6.42 Å². The van der Waals surface area contributed by atoms with Gasteiger partial charge in [0, 0.05) is 29.3 Å². The van der Waals surface area contributed by atoms with E-state index in [1.165, 1.54) is 23.5 Å². The summed E-state index contributed by atoms with van der Waals surface area (Å²) in [4.78, 5) is 33.1. The number of fused-ring (bicyclic) bond motifs is 1. The Morgan fingerprint density at radius 2 is 1.89 bits per heavy atom. The Labute approximate surface area is 167 Å². The predicted octanol–water partition coefficient (Wildman–Crippen LogP) is 3.10. The average Bonchev–Trinajstić information content (AvgIpc) is 3.03. The molecule has 3 rings (SSSR count). The van der Waals surface area contributed by atoms with Crippen LogP contribution < -0.4 is 16.0 Å². The third kappa shape index (κ3) is 5.38. The summed E-state index contributed by atoms with van der Waals surface area (Å²) in [6.45, 7) is 0.815. The van der Waals surface area contributed by atoms with Gasteiger partial charge in [-0.15, -0.1) is 0 Å². The van der Waals surface area contributed by atoms with Crippen LogP contribution >= 0.6 is 27.3 Å². The number of pyridine rings is 1. The summed E-state index contributed by atoms with van der Waals surface area (Å²) in [5.74, 6) is -0.120. The zero-order chi connectivity index (χ0) is 19.2. The van der Waals surface area contributed by atoms with E-state index in [1.54, 1.807) is 18.3 Å². The number of hydrogen-bond acceptors (Lipinski definition) is 6. The molecule has 8 nitrogen and oxygen atoms in total. The molecule has 0 radical (unpaired) electrons. The predicted molar refractivity (Wildman–Crippen MR) is 107 cm³/mol. The van der Waals surface area contributed by atoms with Crippen LogP contribution in [0.4, 0.5) is 9.93 Å². The second kappa shape index (κ2) is 8.78. The van der Waals surface area contributed by atoms with E-state index in [1.807, 2.05) is 6.07 Å². The van der Waals surface area contributed by atoms with Gasteiger partial charge in [0.05, 0.1) is 0 Å². The number of phenols is 1. The highest BCUT2D eigenvalue weighted by Crippen LogP contribution is 2.25. The van der Waals surface area contributed by atoms with Crippen molar-refractivity contribution in [1.29, 1.82) is 0 Å². The fourth-order valence-corrected chi connectivity index (χ4v) is 3.31. The second-order valence-electron chi connectivity index (χ2n) is 5.53. The number of urea groups is 1. The van der Waals surface area contributed by atoms with Crippen LogP contribution in [0, 0.1) is 0 Å². The Kier molecular flexibility index (Phi) is 6.20. The molecule has 0 atom stereocenters. The largest absolute Gasteiger partial charge is 0.508 e. The van der Waals surface area contributed by atoms with Gasteiger partial charge in [-0.1, -0.05) is 11.3 Å². The van der Waals surface area contributed by atoms with E-state index in [4.69, 9.17) is 0 Å². The van der Waals surface area contributed by atoms with Crippen LogP contribution in [-0.4, -0.2) is 40.1 Å². The third-order valence-corrected chi connectivity index (χ3v) is 4.82. The van der Waals surface area contributed by atoms with Crippen molar-refractivity contribution < 1.29 is 14.7 Å². The first-order valence-corrected chi connectivity index (χ1v) is 9.66. The molecule has 0 spiro atoms. The fourth-order valence-electron chi connectivity index (χ4n) is 2.20. The van der Waals surface area contributed by atoms with Gasteiger partial charge in [-0.3, -0.25) is 10.1 Å². The van der Waals surface area contributed by atoms with E-state index in [2.05, 4.69) is 41.8 Å². The summed E-state index contributed by atoms with van der Waals surface area (Å²) in [6.07, 6.45) is 2.25. The maximum atomic E-state index is 11.9. The molecule has 2 heterocycles. The van der Waals surface area contributed by atoms with Gasteiger partial charge in [0.2, 0.25) is 0 Å². The molecule has 1 aromatic carbocycles. The molecule has 3 aromatic rings. The molecule has 0 saturated carbocycles. The smallest absolute Gasteiger partial charge is 0.321 e. The van der Waals surface area contributed by atoms with E-state index in [-0.39, 0.29) is 17.7 Å². The number of amides is 3. The van der Waals surface area contributed by atoms with Gasteiger partial charge in [0.15, 0.2) is 5.13 Å². The molecule has 2 aromatic heterocycles. The van der Waals surface area contributed by atoms with Crippen molar-refractivity contribution in [1.82, 2.24) is 20.6 Å². The van der Waals surface area contributed by atoms with Gasteiger partial charge in [-0.2, -0.15) is 0 Å². The van der Waals surface area contributed by atoms with Gasteiger partial charge < -0.3 is 15.7 Å². The summed E-state index contributed by atoms with van der Waals surface area (Å²) in [6, 6.07) is 7.47. The van der Waals surface area contributed by atoms with Crippen LogP contribution in [-0.2, 0) is 0 Å². The molecule has 3 amide bonds. The zero-order valence-corrected chi connectivity index (χ0v) is 16.4. The third-order valence-electron chi connectivity index (χ3n) is 3.49. The number of phenolic OH excluding ortho intramolecular Hbond substituents is 1. The molecule has 10 heteroatoms. The van der Waals surface area contributed by atoms with Crippen molar-refractivity contribution in [2.75, 3.05) is 18.4 Å². The van der Waals surface area contributed by atoms with Crippen LogP contribution in [0.5, 0.6) is 5.75 Å². The molecule has 27 heavy (non-hydrogen) atoms. The Morgan fingerprint density at radius 3 is 2.67 bits per heavy atom. The van der Waals surface area contributed by atoms with Crippen molar-refractivity contribution in [3.05, 3.63) is 46.6 Å². The minimum absolute atomic E-state index is 0.110. The molecule has 0 fully saturated rings. The quantitative estimate of drug-likeness (QED) is 0.431. The summed E-state index contributed by atoms with van der Waals surface area (Å²) >= 11 is 4.62. The summed E-state index contributed by atoms with van der Waals surface area (Å²) < 4.78 is 0.825. The SMILES string of the molecule is O=C(NCCCNC(=O)c1ccc(O)cc1)Nc1nc2cc(Br)cnc2s1. The maximum absolute atomic E-state index is 11.9. The first-order chi connectivity index (χ1) is 13.0. The number of benzene rings is 1. The number of hydrogen-bond donors (Lipinski definition) is 4. The van der Waals surface area contributed by atoms with Gasteiger partial charge in [0.1, 0.15) is 16.1 Å². The molecule has 0 aliphatic rings. The van der Waals surface area contributed by atoms with Crippen LogP contribution in [0.25, 0.3) is 10.3 Å². The Morgan fingerprint density at radius 1 is 1.15 bits per heavy atom. The van der Waals surface area contributed by atoms with E-state index in [9.17, 15) is 14.7 Å². The van der Waals surface area contributed by atoms with Gasteiger partial charge in [-0.05, 0) is 52.7 Å². The molecule has 0 bridgehead atoms. The highest BCUT2D eigenvalue weighted by atomic mass is 79.9. The number of aromatic nitrogens is 2. The lowest BCUT2D eigenvalue weighted by molar-refractivity contribution is 0.0953. The Hall–Kier alpha value is -2.72. The molecule has 4 N–H and O–H groups in total. The first-order valence-electron chi connectivity index (χ1n) is 8.05. The first kappa shape index (κ1) is 19.1. The minimum Gasteiger partial charge on any atom is -0.508 e. The molecule has 0 aliphatic carbocycles. The highest BCUT2D eigenvalue weighted by molar-refractivity contribution is 9.10. The maximum Gasteiger partial charge on any atom is 0.321 e. The van der Waals surface area contributed by atoms with Gasteiger partial charge in [-0.25, -0.2) is 14.8 Å². The van der Waals surface area contributed by atoms with Crippen molar-refractivity contribution in [2.24, 2.45) is 0 Å². The molecule has 0 unspecified atom stereocenters. The second-order valence-corrected chi connectivity index (χ2v) is 7.43. The van der Waals surface area contributed by atoms with E-state index in [0.29, 0.717) is 35.7 Å². The lowest BCUT2D eigenvalue weighted by Crippen LogP contribution is -2.32. The van der Waals surface area contributed by atoms with Crippen molar-refractivity contribution in [3.8, 4) is 5.75 Å². The molecule has 0 saturated heterocycles. The van der Waals surface area contributed by atoms with Crippen molar-refractivity contribution >= 4 is 54.7 Å². The number of aromatic hydroxyl groups is 1. The topological polar surface area (TPSA) is 116 Å². The van der Waals surface area contributed by atoms with E-state index >= 15 is 0 Å². The lowest BCUT2D eigenvalue weighted by Gasteiger charge is -2.07. The summed E-state index contributed by atoms with van der Waals surface area (Å²) in [5.41, 5.74) is 1.18. The Balaban J connectivity index is 1.37. The monoisotopic (exact) mass is 449 g/mol. The van der Waals surface area contributed by atoms with Gasteiger partial charge in [0.25, 0.3) is 5.91 Å². The number of nitrogens with one attached hydrogen (secondary N) is 3. The minimum atomic E-state index is -0.363. The van der Waals surface area contributed by atoms with Crippen LogP contribution in [0.1, 0.15) is 16.8 Å². The molecular formula is C17H16BrN5O3S. The average molecular weight is 450 g/mol. The lowest BCUT2D eigenvalue weighted by atomic mass is 10.2. The van der Waals surface area contributed by atoms with E-state index in [0.717, 1.165) is 9.30 Å². The number of anilines is 1. The number of halogens is 1. The van der Waals surface area contributed by atoms with E-state index < -0.39 is 0 Å². The number of thiazole rings is 1. The fraction of sp³-hybridized carbons (Fsp3) is 0.176. The Bertz CT molecular complexity index is 961. The van der Waals surface area contributed by atoms with Gasteiger partial charge >= 0.3 is 6.03 Å². The molecule has 140 valence electrons. The zero-order valence-electron chi connectivity index (χ0n) is 14.0. The van der Waals surface area contributed by atoms with Crippen LogP contribution in [0.15, 0.2) is 41.0 Å². The van der Waals surface area contributed by atoms with Crippen LogP contribution in [0.3, 0.4) is 0 Å². The standard InChI is InChI=1S/C17H16BrN5O3S/c18-11-8-13-15(21-9-11)27-17(22-13)23-16(26)20-7-1-6-19-14(25)10-2-4-12(24)5-3-10/h2-5,8-9,24H,1,6-7H2,(H,19,25)(H2,20,22,23,26). The summed E-state index contributed by atoms with van der Waals surface area (Å²) in [7, 11) is 0. The number of rotatable bonds is 6. The van der Waals surface area contributed by atoms with Crippen LogP contribution in [0.2, 0.25) is 0 Å². The summed E-state index contributed by atoms with van der Waals surface area (Å²) in [5, 5.41) is 17.8. The van der Waals surface area contributed by atoms with Crippen molar-refractivity contribution in [3.63, 3.8) is 0 Å². The number of nitrogens with zero attached hydrogens (tertiary/aromatic N) is 2. The number of carbonyl (C=O) groups is 2. The molecule has 0 aliphatic heterocycles. The highest BCUT2D eigenvalue weighted by Gasteiger charge is 2.09. The normalized spacial score (nSPS) is 10.6.